The van der Waals surface area contributed by atoms with E-state index in [0.29, 0.717) is 22.1 Å². The summed E-state index contributed by atoms with van der Waals surface area (Å²) in [5, 5.41) is 11.1. The monoisotopic (exact) mass is 266 g/mol. The predicted octanol–water partition coefficient (Wildman–Crippen LogP) is 3.53. The van der Waals surface area contributed by atoms with E-state index in [4.69, 9.17) is 21.8 Å². The van der Waals surface area contributed by atoms with Crippen molar-refractivity contribution >= 4 is 17.3 Å². The summed E-state index contributed by atoms with van der Waals surface area (Å²) in [5.41, 5.74) is 6.14. The summed E-state index contributed by atoms with van der Waals surface area (Å²) in [7, 11) is 0. The van der Waals surface area contributed by atoms with E-state index in [2.05, 4.69) is 0 Å². The first-order valence-corrected chi connectivity index (χ1v) is 5.66. The highest BCUT2D eigenvalue weighted by atomic mass is 35.5. The number of nitro groups is 1. The second-order valence-electron chi connectivity index (χ2n) is 3.91. The average Bonchev–Trinajstić information content (AvgIpc) is 2.78. The van der Waals surface area contributed by atoms with Crippen LogP contribution in [0.1, 0.15) is 18.7 Å². The van der Waals surface area contributed by atoms with Crippen molar-refractivity contribution < 1.29 is 9.34 Å². The van der Waals surface area contributed by atoms with Crippen LogP contribution in [0, 0.1) is 10.1 Å². The van der Waals surface area contributed by atoms with Gasteiger partial charge in [-0.1, -0.05) is 11.6 Å². The lowest BCUT2D eigenvalue weighted by atomic mass is 10.1. The number of nitro benzene ring substituents is 1. The van der Waals surface area contributed by atoms with Crippen molar-refractivity contribution in [1.29, 1.82) is 0 Å². The van der Waals surface area contributed by atoms with Gasteiger partial charge in [0.2, 0.25) is 0 Å². The first-order chi connectivity index (χ1) is 8.49. The Bertz CT molecular complexity index is 593. The Morgan fingerprint density at radius 1 is 1.39 bits per heavy atom. The van der Waals surface area contributed by atoms with Crippen molar-refractivity contribution in [2.45, 2.75) is 13.0 Å². The van der Waals surface area contributed by atoms with E-state index in [-0.39, 0.29) is 11.7 Å². The maximum absolute atomic E-state index is 10.7. The molecule has 1 atom stereocenters. The van der Waals surface area contributed by atoms with E-state index in [9.17, 15) is 10.1 Å². The lowest BCUT2D eigenvalue weighted by Crippen LogP contribution is -2.02. The van der Waals surface area contributed by atoms with E-state index in [0.717, 1.165) is 0 Å². The minimum Gasteiger partial charge on any atom is -0.459 e. The zero-order valence-electron chi connectivity index (χ0n) is 9.59. The van der Waals surface area contributed by atoms with Crippen molar-refractivity contribution in [1.82, 2.24) is 0 Å². The molecule has 5 nitrogen and oxygen atoms in total. The number of non-ortho nitro benzene ring substituents is 1. The van der Waals surface area contributed by atoms with Gasteiger partial charge in [-0.05, 0) is 25.1 Å². The van der Waals surface area contributed by atoms with Crippen molar-refractivity contribution in [2.75, 3.05) is 0 Å². The number of hydrogen-bond donors (Lipinski definition) is 1. The summed E-state index contributed by atoms with van der Waals surface area (Å²) in [6.07, 6.45) is 0. The van der Waals surface area contributed by atoms with Crippen LogP contribution in [-0.4, -0.2) is 4.92 Å². The third-order valence-electron chi connectivity index (χ3n) is 2.50. The van der Waals surface area contributed by atoms with E-state index in [1.54, 1.807) is 19.1 Å². The fourth-order valence-corrected chi connectivity index (χ4v) is 1.77. The van der Waals surface area contributed by atoms with Gasteiger partial charge in [-0.15, -0.1) is 0 Å². The number of nitrogens with two attached hydrogens (primary N) is 1. The predicted molar refractivity (Wildman–Crippen MR) is 68.4 cm³/mol. The Hall–Kier alpha value is -1.85. The molecule has 2 N–H and O–H groups in total. The quantitative estimate of drug-likeness (QED) is 0.680. The van der Waals surface area contributed by atoms with Gasteiger partial charge in [0.15, 0.2) is 0 Å². The van der Waals surface area contributed by atoms with Gasteiger partial charge < -0.3 is 10.2 Å². The number of hydrogen-bond acceptors (Lipinski definition) is 4. The Morgan fingerprint density at radius 3 is 2.67 bits per heavy atom. The van der Waals surface area contributed by atoms with Gasteiger partial charge in [0.25, 0.3) is 5.69 Å². The summed E-state index contributed by atoms with van der Waals surface area (Å²) in [6, 6.07) is 7.39. The fourth-order valence-electron chi connectivity index (χ4n) is 1.56. The zero-order valence-corrected chi connectivity index (χ0v) is 10.3. The smallest absolute Gasteiger partial charge is 0.270 e. The second-order valence-corrected chi connectivity index (χ2v) is 4.32. The van der Waals surface area contributed by atoms with Crippen molar-refractivity contribution in [3.63, 3.8) is 0 Å². The van der Waals surface area contributed by atoms with Crippen LogP contribution in [0.25, 0.3) is 11.3 Å². The number of benzene rings is 1. The van der Waals surface area contributed by atoms with E-state index < -0.39 is 4.92 Å². The zero-order chi connectivity index (χ0) is 13.3. The first kappa shape index (κ1) is 12.6. The minimum atomic E-state index is -0.477. The van der Waals surface area contributed by atoms with Crippen LogP contribution < -0.4 is 5.73 Å². The Kier molecular flexibility index (Phi) is 3.36. The maximum atomic E-state index is 10.7. The van der Waals surface area contributed by atoms with Crippen LogP contribution in [0.3, 0.4) is 0 Å². The van der Waals surface area contributed by atoms with Crippen molar-refractivity contribution in [3.8, 4) is 11.3 Å². The first-order valence-electron chi connectivity index (χ1n) is 5.28. The van der Waals surface area contributed by atoms with Crippen LogP contribution in [0.2, 0.25) is 5.02 Å². The Balaban J connectivity index is 2.48. The average molecular weight is 267 g/mol. The summed E-state index contributed by atoms with van der Waals surface area (Å²) < 4.78 is 5.51. The third-order valence-corrected chi connectivity index (χ3v) is 2.83. The molecule has 1 unspecified atom stereocenters. The van der Waals surface area contributed by atoms with E-state index in [1.165, 1.54) is 18.2 Å². The molecule has 0 saturated heterocycles. The highest BCUT2D eigenvalue weighted by Gasteiger charge is 2.15. The minimum absolute atomic E-state index is 0.0341. The molecule has 1 aromatic heterocycles. The molecule has 0 fully saturated rings. The van der Waals surface area contributed by atoms with Crippen LogP contribution in [0.15, 0.2) is 34.7 Å². The van der Waals surface area contributed by atoms with Gasteiger partial charge in [-0.2, -0.15) is 0 Å². The third kappa shape index (κ3) is 2.37. The molecule has 1 heterocycles. The molecule has 0 aliphatic rings. The Morgan fingerprint density at radius 2 is 2.11 bits per heavy atom. The standard InChI is InChI=1S/C12H11ClN2O3/c1-7(14)11-4-5-12(18-11)9-6-8(15(16)17)2-3-10(9)13/h2-7H,14H2,1H3. The summed E-state index contributed by atoms with van der Waals surface area (Å²) >= 11 is 6.01. The SMILES string of the molecule is CC(N)c1ccc(-c2cc([N+](=O)[O-])ccc2Cl)o1. The van der Waals surface area contributed by atoms with Gasteiger partial charge in [0.05, 0.1) is 16.0 Å². The molecule has 2 aromatic rings. The molecular weight excluding hydrogens is 256 g/mol. The summed E-state index contributed by atoms with van der Waals surface area (Å²) in [6.45, 7) is 1.79. The molecule has 18 heavy (non-hydrogen) atoms. The summed E-state index contributed by atoms with van der Waals surface area (Å²) in [4.78, 5) is 10.2. The van der Waals surface area contributed by atoms with Gasteiger partial charge >= 0.3 is 0 Å². The van der Waals surface area contributed by atoms with Crippen LogP contribution in [0.5, 0.6) is 0 Å². The topological polar surface area (TPSA) is 82.3 Å². The number of furan rings is 1. The molecule has 0 saturated carbocycles. The summed E-state index contributed by atoms with van der Waals surface area (Å²) in [5.74, 6) is 1.07. The number of rotatable bonds is 3. The van der Waals surface area contributed by atoms with Crippen molar-refractivity contribution in [3.05, 3.63) is 51.2 Å². The van der Waals surface area contributed by atoms with Crippen LogP contribution >= 0.6 is 11.6 Å². The maximum Gasteiger partial charge on any atom is 0.270 e. The van der Waals surface area contributed by atoms with E-state index in [1.807, 2.05) is 0 Å². The number of halogens is 1. The van der Waals surface area contributed by atoms with Crippen molar-refractivity contribution in [2.24, 2.45) is 5.73 Å². The number of nitrogens with zero attached hydrogens (tertiary/aromatic N) is 1. The molecule has 2 rings (SSSR count). The lowest BCUT2D eigenvalue weighted by molar-refractivity contribution is -0.384. The molecular formula is C12H11ClN2O3. The molecule has 94 valence electrons. The normalized spacial score (nSPS) is 12.4. The van der Waals surface area contributed by atoms with Crippen LogP contribution in [0.4, 0.5) is 5.69 Å². The lowest BCUT2D eigenvalue weighted by Gasteiger charge is -2.02. The second kappa shape index (κ2) is 4.80. The van der Waals surface area contributed by atoms with Gasteiger partial charge in [-0.3, -0.25) is 10.1 Å². The van der Waals surface area contributed by atoms with Gasteiger partial charge in [-0.25, -0.2) is 0 Å². The molecule has 0 bridgehead atoms. The molecule has 0 radical (unpaired) electrons. The Labute approximate surface area is 108 Å². The molecule has 1 aromatic carbocycles. The van der Waals surface area contributed by atoms with Crippen LogP contribution in [-0.2, 0) is 0 Å². The molecule has 0 amide bonds. The molecule has 0 aliphatic carbocycles. The van der Waals surface area contributed by atoms with Gasteiger partial charge in [0, 0.05) is 17.7 Å². The molecule has 6 heteroatoms. The van der Waals surface area contributed by atoms with E-state index >= 15 is 0 Å². The highest BCUT2D eigenvalue weighted by molar-refractivity contribution is 6.33. The van der Waals surface area contributed by atoms with Gasteiger partial charge in [0.1, 0.15) is 11.5 Å². The fraction of sp³-hybridized carbons (Fsp3) is 0.167. The molecule has 0 spiro atoms. The largest absolute Gasteiger partial charge is 0.459 e. The highest BCUT2D eigenvalue weighted by Crippen LogP contribution is 2.33. The molecule has 0 aliphatic heterocycles.